The number of aliphatic hydroxyl groups is 1. The maximum absolute atomic E-state index is 9.93. The van der Waals surface area contributed by atoms with Crippen LogP contribution >= 0.6 is 0 Å². The number of aliphatic hydroxyl groups excluding tert-OH is 1. The Balaban J connectivity index is 2.22. The molecule has 0 aromatic carbocycles. The zero-order valence-corrected chi connectivity index (χ0v) is 9.09. The Bertz CT molecular complexity index is 197. The van der Waals surface area contributed by atoms with Gasteiger partial charge in [-0.15, -0.1) is 0 Å². The fourth-order valence-corrected chi connectivity index (χ4v) is 4.05. The number of hydrogen-bond donors (Lipinski definition) is 1. The second kappa shape index (κ2) is 2.98. The van der Waals surface area contributed by atoms with Crippen molar-refractivity contribution in [3.8, 4) is 0 Å². The van der Waals surface area contributed by atoms with Crippen molar-refractivity contribution in [2.24, 2.45) is 23.2 Å². The first kappa shape index (κ1) is 9.51. The number of rotatable bonds is 0. The monoisotopic (exact) mass is 182 g/mol. The van der Waals surface area contributed by atoms with Crippen LogP contribution in [0.3, 0.4) is 0 Å². The largest absolute Gasteiger partial charge is 0.393 e. The van der Waals surface area contributed by atoms with Gasteiger partial charge < -0.3 is 5.11 Å². The van der Waals surface area contributed by atoms with Crippen LogP contribution < -0.4 is 0 Å². The maximum atomic E-state index is 9.93. The van der Waals surface area contributed by atoms with E-state index in [-0.39, 0.29) is 6.10 Å². The predicted octanol–water partition coefficient (Wildman–Crippen LogP) is 2.83. The molecule has 0 heterocycles. The molecule has 0 amide bonds. The van der Waals surface area contributed by atoms with E-state index in [1.165, 1.54) is 19.3 Å². The minimum atomic E-state index is -0.000394. The average molecular weight is 182 g/mol. The molecular formula is C12H22O. The molecule has 0 aromatic heterocycles. The summed E-state index contributed by atoms with van der Waals surface area (Å²) in [7, 11) is 0. The van der Waals surface area contributed by atoms with Gasteiger partial charge in [-0.3, -0.25) is 0 Å². The van der Waals surface area contributed by atoms with Gasteiger partial charge in [0.1, 0.15) is 0 Å². The summed E-state index contributed by atoms with van der Waals surface area (Å²) in [4.78, 5) is 0. The van der Waals surface area contributed by atoms with E-state index in [1.807, 2.05) is 0 Å². The third kappa shape index (κ3) is 1.41. The van der Waals surface area contributed by atoms with Gasteiger partial charge in [0.05, 0.1) is 6.10 Å². The zero-order valence-electron chi connectivity index (χ0n) is 9.09. The molecule has 13 heavy (non-hydrogen) atoms. The molecule has 1 nitrogen and oxygen atoms in total. The zero-order chi connectivity index (χ0) is 9.64. The van der Waals surface area contributed by atoms with Crippen molar-refractivity contribution >= 4 is 0 Å². The molecule has 4 atom stereocenters. The van der Waals surface area contributed by atoms with E-state index in [1.54, 1.807) is 0 Å². The van der Waals surface area contributed by atoms with Crippen LogP contribution in [0.4, 0.5) is 0 Å². The highest BCUT2D eigenvalue weighted by molar-refractivity contribution is 4.98. The Morgan fingerprint density at radius 3 is 2.62 bits per heavy atom. The molecule has 0 radical (unpaired) electrons. The highest BCUT2D eigenvalue weighted by Gasteiger charge is 2.49. The summed E-state index contributed by atoms with van der Waals surface area (Å²) in [5.41, 5.74) is 0.472. The molecule has 0 aromatic rings. The fraction of sp³-hybridized carbons (Fsp3) is 1.00. The Morgan fingerprint density at radius 2 is 2.00 bits per heavy atom. The van der Waals surface area contributed by atoms with E-state index in [4.69, 9.17) is 0 Å². The van der Waals surface area contributed by atoms with E-state index >= 15 is 0 Å². The quantitative estimate of drug-likeness (QED) is 0.611. The summed E-state index contributed by atoms with van der Waals surface area (Å²) < 4.78 is 0. The maximum Gasteiger partial charge on any atom is 0.0574 e. The highest BCUT2D eigenvalue weighted by atomic mass is 16.3. The lowest BCUT2D eigenvalue weighted by Gasteiger charge is -2.43. The summed E-state index contributed by atoms with van der Waals surface area (Å²) in [6.45, 7) is 7.09. The molecule has 1 heteroatoms. The van der Waals surface area contributed by atoms with Gasteiger partial charge in [-0.05, 0) is 42.4 Å². The standard InChI is InChI=1S/C12H22O/c1-8-7-10(13)9-5-4-6-12(2,3)11(8)9/h8-11,13H,4-7H2,1-3H3/t8-,9-,10?,11+/m1/s1. The Kier molecular flexibility index (Phi) is 2.18. The van der Waals surface area contributed by atoms with Gasteiger partial charge in [0.2, 0.25) is 0 Å². The van der Waals surface area contributed by atoms with Crippen molar-refractivity contribution in [1.82, 2.24) is 0 Å². The van der Waals surface area contributed by atoms with Crippen LogP contribution in [-0.2, 0) is 0 Å². The third-order valence-corrected chi connectivity index (χ3v) is 4.44. The Labute approximate surface area is 81.5 Å². The van der Waals surface area contributed by atoms with Crippen LogP contribution in [0.5, 0.6) is 0 Å². The molecule has 1 N–H and O–H groups in total. The molecule has 2 aliphatic carbocycles. The highest BCUT2D eigenvalue weighted by Crippen LogP contribution is 2.54. The molecule has 2 rings (SSSR count). The van der Waals surface area contributed by atoms with Crippen molar-refractivity contribution in [2.45, 2.75) is 52.6 Å². The second-order valence-electron chi connectivity index (χ2n) is 5.85. The number of hydrogen-bond acceptors (Lipinski definition) is 1. The number of fused-ring (bicyclic) bond motifs is 1. The minimum Gasteiger partial charge on any atom is -0.393 e. The van der Waals surface area contributed by atoms with Crippen LogP contribution in [0, 0.1) is 23.2 Å². The van der Waals surface area contributed by atoms with Gasteiger partial charge in [-0.1, -0.05) is 27.2 Å². The van der Waals surface area contributed by atoms with Gasteiger partial charge in [0.15, 0.2) is 0 Å². The summed E-state index contributed by atoms with van der Waals surface area (Å²) >= 11 is 0. The molecule has 1 unspecified atom stereocenters. The van der Waals surface area contributed by atoms with E-state index < -0.39 is 0 Å². The van der Waals surface area contributed by atoms with Gasteiger partial charge in [0.25, 0.3) is 0 Å². The van der Waals surface area contributed by atoms with E-state index in [0.29, 0.717) is 11.3 Å². The third-order valence-electron chi connectivity index (χ3n) is 4.44. The van der Waals surface area contributed by atoms with Gasteiger partial charge in [0, 0.05) is 0 Å². The lowest BCUT2D eigenvalue weighted by atomic mass is 9.62. The van der Waals surface area contributed by atoms with E-state index in [2.05, 4.69) is 20.8 Å². The normalized spacial score (nSPS) is 48.9. The average Bonchev–Trinajstić information content (AvgIpc) is 2.27. The van der Waals surface area contributed by atoms with Crippen molar-refractivity contribution < 1.29 is 5.11 Å². The van der Waals surface area contributed by atoms with Crippen molar-refractivity contribution in [3.63, 3.8) is 0 Å². The topological polar surface area (TPSA) is 20.2 Å². The lowest BCUT2D eigenvalue weighted by molar-refractivity contribution is 0.0271. The van der Waals surface area contributed by atoms with Crippen molar-refractivity contribution in [3.05, 3.63) is 0 Å². The SMILES string of the molecule is C[C@@H]1CC(O)[C@H]2CCCC(C)(C)[C@@H]12. The molecule has 2 saturated carbocycles. The first-order chi connectivity index (χ1) is 6.02. The fourth-order valence-electron chi connectivity index (χ4n) is 4.05. The molecule has 0 bridgehead atoms. The molecule has 0 spiro atoms. The summed E-state index contributed by atoms with van der Waals surface area (Å²) in [6.07, 6.45) is 4.97. The smallest absolute Gasteiger partial charge is 0.0574 e. The van der Waals surface area contributed by atoms with Crippen LogP contribution in [0.15, 0.2) is 0 Å². The minimum absolute atomic E-state index is 0.000394. The first-order valence-corrected chi connectivity index (χ1v) is 5.70. The Hall–Kier alpha value is -0.0400. The van der Waals surface area contributed by atoms with E-state index in [9.17, 15) is 5.11 Å². The van der Waals surface area contributed by atoms with Gasteiger partial charge >= 0.3 is 0 Å². The summed E-state index contributed by atoms with van der Waals surface area (Å²) in [5.74, 6) is 2.12. The molecule has 2 fully saturated rings. The predicted molar refractivity (Wildman–Crippen MR) is 54.4 cm³/mol. The molecule has 0 aliphatic heterocycles. The summed E-state index contributed by atoms with van der Waals surface area (Å²) in [6, 6.07) is 0. The van der Waals surface area contributed by atoms with Gasteiger partial charge in [-0.25, -0.2) is 0 Å². The Morgan fingerprint density at radius 1 is 1.31 bits per heavy atom. The van der Waals surface area contributed by atoms with E-state index in [0.717, 1.165) is 18.3 Å². The van der Waals surface area contributed by atoms with Crippen LogP contribution in [0.25, 0.3) is 0 Å². The second-order valence-corrected chi connectivity index (χ2v) is 5.85. The summed E-state index contributed by atoms with van der Waals surface area (Å²) in [5, 5.41) is 9.93. The van der Waals surface area contributed by atoms with Crippen LogP contribution in [0.2, 0.25) is 0 Å². The van der Waals surface area contributed by atoms with Gasteiger partial charge in [-0.2, -0.15) is 0 Å². The van der Waals surface area contributed by atoms with Crippen molar-refractivity contribution in [2.75, 3.05) is 0 Å². The lowest BCUT2D eigenvalue weighted by Crippen LogP contribution is -2.36. The molecule has 76 valence electrons. The first-order valence-electron chi connectivity index (χ1n) is 5.70. The molecule has 0 saturated heterocycles. The van der Waals surface area contributed by atoms with Crippen LogP contribution in [-0.4, -0.2) is 11.2 Å². The van der Waals surface area contributed by atoms with Crippen LogP contribution in [0.1, 0.15) is 46.5 Å². The van der Waals surface area contributed by atoms with Crippen molar-refractivity contribution in [1.29, 1.82) is 0 Å². The molecule has 2 aliphatic rings. The molecular weight excluding hydrogens is 160 g/mol.